The van der Waals surface area contributed by atoms with Gasteiger partial charge >= 0.3 is 0 Å². The van der Waals surface area contributed by atoms with Crippen molar-refractivity contribution in [2.45, 2.75) is 0 Å². The van der Waals surface area contributed by atoms with Crippen molar-refractivity contribution < 1.29 is 0 Å². The van der Waals surface area contributed by atoms with Gasteiger partial charge < -0.3 is 14.0 Å². The smallest absolute Gasteiger partial charge is 0.0547 e. The van der Waals surface area contributed by atoms with E-state index in [-0.39, 0.29) is 0 Å². The highest BCUT2D eigenvalue weighted by Gasteiger charge is 2.19. The third-order valence-electron chi connectivity index (χ3n) is 11.7. The van der Waals surface area contributed by atoms with Crippen LogP contribution in [0.4, 0.5) is 17.1 Å². The zero-order chi connectivity index (χ0) is 38.2. The Balaban J connectivity index is 1.02. The molecule has 0 radical (unpaired) electrons. The average molecular weight is 758 g/mol. The number of benzene rings is 9. The van der Waals surface area contributed by atoms with Gasteiger partial charge in [-0.05, 0) is 108 Å². The molecule has 58 heavy (non-hydrogen) atoms. The van der Waals surface area contributed by atoms with Crippen molar-refractivity contribution in [2.24, 2.45) is 0 Å². The molecule has 0 bridgehead atoms. The summed E-state index contributed by atoms with van der Waals surface area (Å²) < 4.78 is 7.44. The maximum absolute atomic E-state index is 2.43. The van der Waals surface area contributed by atoms with Gasteiger partial charge in [0.15, 0.2) is 0 Å². The fourth-order valence-corrected chi connectivity index (χ4v) is 10.2. The van der Waals surface area contributed by atoms with Crippen LogP contribution in [0.25, 0.3) is 86.3 Å². The third kappa shape index (κ3) is 5.05. The summed E-state index contributed by atoms with van der Waals surface area (Å²) in [6, 6.07) is 77.4. The first-order valence-corrected chi connectivity index (χ1v) is 20.6. The maximum Gasteiger partial charge on any atom is 0.0547 e. The van der Waals surface area contributed by atoms with E-state index in [1.165, 1.54) is 74.9 Å². The summed E-state index contributed by atoms with van der Waals surface area (Å²) in [7, 11) is 0. The molecule has 0 aliphatic rings. The molecule has 0 N–H and O–H groups in total. The van der Waals surface area contributed by atoms with Crippen molar-refractivity contribution in [1.29, 1.82) is 0 Å². The standard InChI is InChI=1S/C54H35N3S/c1-3-14-37(15-4-1)55(41-31-33-53-47(35-41)45-19-9-12-25-52(45)58-53)39-27-29-40(30-28-39)57-48-22-10-7-18-43(48)44-32-26-36(34-51(44)57)42-21-13-24-50-54(42)46-20-8-11-23-49(46)56(50)38-16-5-2-6-17-38/h1-35H. The molecule has 272 valence electrons. The molecule has 0 unspecified atom stereocenters. The number of rotatable bonds is 6. The highest BCUT2D eigenvalue weighted by atomic mass is 32.1. The molecule has 0 fully saturated rings. The lowest BCUT2D eigenvalue weighted by molar-refractivity contribution is 1.17. The summed E-state index contributed by atoms with van der Waals surface area (Å²) in [5, 5.41) is 7.60. The van der Waals surface area contributed by atoms with Gasteiger partial charge in [-0.3, -0.25) is 0 Å². The lowest BCUT2D eigenvalue weighted by Crippen LogP contribution is -2.09. The average Bonchev–Trinajstić information content (AvgIpc) is 3.95. The molecule has 0 saturated carbocycles. The molecule has 9 aromatic carbocycles. The van der Waals surface area contributed by atoms with E-state index < -0.39 is 0 Å². The minimum absolute atomic E-state index is 1.11. The normalized spacial score (nSPS) is 11.8. The fourth-order valence-electron chi connectivity index (χ4n) is 9.16. The topological polar surface area (TPSA) is 13.1 Å². The number of hydrogen-bond donors (Lipinski definition) is 0. The van der Waals surface area contributed by atoms with Crippen molar-refractivity contribution in [3.05, 3.63) is 212 Å². The Hall–Kier alpha value is -7.40. The third-order valence-corrected chi connectivity index (χ3v) is 12.8. The Labute approximate surface area is 339 Å². The SMILES string of the molecule is c1ccc(N(c2ccc(-n3c4ccccc4c4ccc(-c5cccc6c5c5ccccc5n6-c5ccccc5)cc43)cc2)c2ccc3sc4ccccc4c3c2)cc1. The van der Waals surface area contributed by atoms with E-state index in [4.69, 9.17) is 0 Å². The minimum atomic E-state index is 1.11. The fraction of sp³-hybridized carbons (Fsp3) is 0. The minimum Gasteiger partial charge on any atom is -0.310 e. The van der Waals surface area contributed by atoms with Gasteiger partial charge in [0.05, 0.1) is 22.1 Å². The van der Waals surface area contributed by atoms with E-state index in [0.29, 0.717) is 0 Å². The molecule has 0 spiro atoms. The molecule has 0 saturated heterocycles. The molecule has 3 heterocycles. The van der Waals surface area contributed by atoms with Gasteiger partial charge in [0.25, 0.3) is 0 Å². The van der Waals surface area contributed by atoms with Crippen LogP contribution in [-0.2, 0) is 0 Å². The number of para-hydroxylation sites is 4. The summed E-state index contributed by atoms with van der Waals surface area (Å²) in [5.41, 5.74) is 12.9. The van der Waals surface area contributed by atoms with Crippen LogP contribution in [0.2, 0.25) is 0 Å². The number of fused-ring (bicyclic) bond motifs is 9. The first-order valence-electron chi connectivity index (χ1n) is 19.8. The highest BCUT2D eigenvalue weighted by Crippen LogP contribution is 2.43. The van der Waals surface area contributed by atoms with Crippen LogP contribution in [-0.4, -0.2) is 9.13 Å². The van der Waals surface area contributed by atoms with Gasteiger partial charge in [-0.25, -0.2) is 0 Å². The van der Waals surface area contributed by atoms with Gasteiger partial charge in [0, 0.05) is 70.2 Å². The molecule has 3 nitrogen and oxygen atoms in total. The molecule has 12 rings (SSSR count). The Morgan fingerprint density at radius 3 is 1.71 bits per heavy atom. The van der Waals surface area contributed by atoms with Crippen LogP contribution in [0, 0.1) is 0 Å². The summed E-state index contributed by atoms with van der Waals surface area (Å²) in [6.45, 7) is 0. The molecule has 0 amide bonds. The van der Waals surface area contributed by atoms with Crippen LogP contribution in [0.15, 0.2) is 212 Å². The predicted octanol–water partition coefficient (Wildman–Crippen LogP) is 15.4. The van der Waals surface area contributed by atoms with E-state index in [2.05, 4.69) is 226 Å². The highest BCUT2D eigenvalue weighted by molar-refractivity contribution is 7.25. The van der Waals surface area contributed by atoms with Crippen LogP contribution >= 0.6 is 11.3 Å². The summed E-state index contributed by atoms with van der Waals surface area (Å²) >= 11 is 1.85. The molecule has 0 aliphatic carbocycles. The van der Waals surface area contributed by atoms with E-state index in [1.54, 1.807) is 0 Å². The molecule has 0 atom stereocenters. The van der Waals surface area contributed by atoms with Crippen molar-refractivity contribution >= 4 is 92.2 Å². The van der Waals surface area contributed by atoms with Crippen molar-refractivity contribution in [2.75, 3.05) is 4.90 Å². The summed E-state index contributed by atoms with van der Waals surface area (Å²) in [4.78, 5) is 2.37. The van der Waals surface area contributed by atoms with Crippen LogP contribution in [0.3, 0.4) is 0 Å². The zero-order valence-corrected chi connectivity index (χ0v) is 32.3. The predicted molar refractivity (Wildman–Crippen MR) is 248 cm³/mol. The Kier molecular flexibility index (Phi) is 7.40. The number of anilines is 3. The van der Waals surface area contributed by atoms with Crippen molar-refractivity contribution in [1.82, 2.24) is 9.13 Å². The van der Waals surface area contributed by atoms with Crippen LogP contribution < -0.4 is 4.90 Å². The van der Waals surface area contributed by atoms with E-state index in [9.17, 15) is 0 Å². The van der Waals surface area contributed by atoms with Crippen LogP contribution in [0.5, 0.6) is 0 Å². The lowest BCUT2D eigenvalue weighted by atomic mass is 9.98. The molecule has 3 aromatic heterocycles. The van der Waals surface area contributed by atoms with E-state index in [1.807, 2.05) is 11.3 Å². The molecule has 12 aromatic rings. The Bertz CT molecular complexity index is 3500. The van der Waals surface area contributed by atoms with Gasteiger partial charge in [-0.15, -0.1) is 11.3 Å². The number of hydrogen-bond acceptors (Lipinski definition) is 2. The zero-order valence-electron chi connectivity index (χ0n) is 31.5. The summed E-state index contributed by atoms with van der Waals surface area (Å²) in [5.74, 6) is 0. The van der Waals surface area contributed by atoms with Crippen molar-refractivity contribution in [3.8, 4) is 22.5 Å². The number of aromatic nitrogens is 2. The summed E-state index contributed by atoms with van der Waals surface area (Å²) in [6.07, 6.45) is 0. The lowest BCUT2D eigenvalue weighted by Gasteiger charge is -2.26. The van der Waals surface area contributed by atoms with E-state index in [0.717, 1.165) is 28.4 Å². The monoisotopic (exact) mass is 757 g/mol. The second kappa shape index (κ2) is 13.1. The largest absolute Gasteiger partial charge is 0.310 e. The number of thiophene rings is 1. The quantitative estimate of drug-likeness (QED) is 0.165. The first kappa shape index (κ1) is 32.8. The number of nitrogens with zero attached hydrogens (tertiary/aromatic N) is 3. The van der Waals surface area contributed by atoms with Crippen LogP contribution in [0.1, 0.15) is 0 Å². The Morgan fingerprint density at radius 2 is 0.897 bits per heavy atom. The second-order valence-electron chi connectivity index (χ2n) is 14.9. The first-order chi connectivity index (χ1) is 28.8. The van der Waals surface area contributed by atoms with Crippen molar-refractivity contribution in [3.63, 3.8) is 0 Å². The van der Waals surface area contributed by atoms with E-state index >= 15 is 0 Å². The second-order valence-corrected chi connectivity index (χ2v) is 16.0. The molecular formula is C54H35N3S. The maximum atomic E-state index is 2.43. The van der Waals surface area contributed by atoms with Gasteiger partial charge in [0.2, 0.25) is 0 Å². The van der Waals surface area contributed by atoms with Gasteiger partial charge in [0.1, 0.15) is 0 Å². The molecule has 0 aliphatic heterocycles. The molecular weight excluding hydrogens is 723 g/mol. The Morgan fingerprint density at radius 1 is 0.328 bits per heavy atom. The van der Waals surface area contributed by atoms with Gasteiger partial charge in [-0.1, -0.05) is 115 Å². The molecule has 4 heteroatoms. The van der Waals surface area contributed by atoms with Gasteiger partial charge in [-0.2, -0.15) is 0 Å².